The number of carbonyl (C=O) groups is 2. The Hall–Kier alpha value is -1.56. The number of thiophene rings is 1. The molecule has 1 fully saturated rings. The van der Waals surface area contributed by atoms with E-state index in [2.05, 4.69) is 4.90 Å². The third-order valence-corrected chi connectivity index (χ3v) is 6.96. The molecule has 28 heavy (non-hydrogen) atoms. The summed E-state index contributed by atoms with van der Waals surface area (Å²) in [7, 11) is 0. The molecular weight excluding hydrogens is 397 g/mol. The average molecular weight is 422 g/mol. The second kappa shape index (κ2) is 9.29. The Balaban J connectivity index is 0.00000225. The van der Waals surface area contributed by atoms with Crippen LogP contribution in [-0.4, -0.2) is 36.1 Å². The lowest BCUT2D eigenvalue weighted by Crippen LogP contribution is -2.38. The van der Waals surface area contributed by atoms with E-state index >= 15 is 0 Å². The topological polar surface area (TPSA) is 37.4 Å². The minimum Gasteiger partial charge on any atom is -0.303 e. The average Bonchev–Trinajstić information content (AvgIpc) is 3.18. The van der Waals surface area contributed by atoms with Crippen molar-refractivity contribution in [1.82, 2.24) is 4.90 Å². The fourth-order valence-corrected chi connectivity index (χ4v) is 5.19. The van der Waals surface area contributed by atoms with Crippen LogP contribution in [0.2, 0.25) is 0 Å². The van der Waals surface area contributed by atoms with Crippen molar-refractivity contribution < 1.29 is 14.0 Å². The van der Waals surface area contributed by atoms with E-state index in [0.717, 1.165) is 57.3 Å². The molecule has 6 heteroatoms. The number of rotatable bonds is 5. The molecule has 3 nitrogen and oxygen atoms in total. The van der Waals surface area contributed by atoms with Gasteiger partial charge in [0.1, 0.15) is 5.82 Å². The molecule has 2 aliphatic rings. The minimum atomic E-state index is -0.312. The van der Waals surface area contributed by atoms with Crippen molar-refractivity contribution in [2.45, 2.75) is 32.1 Å². The van der Waals surface area contributed by atoms with Gasteiger partial charge in [0.05, 0.1) is 0 Å². The van der Waals surface area contributed by atoms with Crippen LogP contribution in [0.5, 0.6) is 0 Å². The second-order valence-corrected chi connectivity index (χ2v) is 8.63. The van der Waals surface area contributed by atoms with Gasteiger partial charge in [0.2, 0.25) is 0 Å². The van der Waals surface area contributed by atoms with Gasteiger partial charge in [-0.3, -0.25) is 9.59 Å². The Labute approximate surface area is 175 Å². The van der Waals surface area contributed by atoms with Crippen LogP contribution >= 0.6 is 23.7 Å². The highest BCUT2D eigenvalue weighted by Crippen LogP contribution is 2.31. The molecule has 0 spiro atoms. The fraction of sp³-hybridized carbons (Fsp3) is 0.455. The molecule has 1 aliphatic carbocycles. The summed E-state index contributed by atoms with van der Waals surface area (Å²) in [5, 5.41) is 2.02. The number of likely N-dealkylation sites (tertiary alicyclic amines) is 1. The Bertz CT molecular complexity index is 827. The summed E-state index contributed by atoms with van der Waals surface area (Å²) in [6, 6.07) is 7.83. The van der Waals surface area contributed by atoms with Crippen molar-refractivity contribution >= 4 is 35.3 Å². The van der Waals surface area contributed by atoms with Crippen LogP contribution in [0.3, 0.4) is 0 Å². The van der Waals surface area contributed by atoms with Gasteiger partial charge in [-0.05, 0) is 87.5 Å². The van der Waals surface area contributed by atoms with E-state index in [4.69, 9.17) is 0 Å². The smallest absolute Gasteiger partial charge is 0.167 e. The highest BCUT2D eigenvalue weighted by atomic mass is 35.5. The van der Waals surface area contributed by atoms with Crippen LogP contribution in [0.25, 0.3) is 0 Å². The van der Waals surface area contributed by atoms with Crippen LogP contribution in [0, 0.1) is 17.7 Å². The first-order chi connectivity index (χ1) is 13.1. The maximum atomic E-state index is 13.0. The van der Waals surface area contributed by atoms with Crippen LogP contribution in [0.4, 0.5) is 4.39 Å². The molecule has 0 radical (unpaired) electrons. The molecule has 0 saturated carbocycles. The molecule has 1 unspecified atom stereocenters. The summed E-state index contributed by atoms with van der Waals surface area (Å²) in [6.07, 6.45) is 4.57. The first kappa shape index (κ1) is 21.2. The summed E-state index contributed by atoms with van der Waals surface area (Å²) in [4.78, 5) is 28.8. The van der Waals surface area contributed by atoms with E-state index in [9.17, 15) is 14.0 Å². The monoisotopic (exact) mass is 421 g/mol. The van der Waals surface area contributed by atoms with Crippen LogP contribution in [0.15, 0.2) is 35.7 Å². The zero-order valence-corrected chi connectivity index (χ0v) is 17.4. The lowest BCUT2D eigenvalue weighted by Gasteiger charge is -2.32. The zero-order valence-electron chi connectivity index (χ0n) is 15.7. The molecule has 1 aliphatic heterocycles. The van der Waals surface area contributed by atoms with E-state index in [1.807, 2.05) is 11.4 Å². The number of hydrogen-bond acceptors (Lipinski definition) is 4. The van der Waals surface area contributed by atoms with Crippen molar-refractivity contribution in [2.75, 3.05) is 19.6 Å². The van der Waals surface area contributed by atoms with Crippen LogP contribution in [-0.2, 0) is 6.42 Å². The summed E-state index contributed by atoms with van der Waals surface area (Å²) < 4.78 is 13.0. The molecule has 4 rings (SSSR count). The molecule has 1 atom stereocenters. The van der Waals surface area contributed by atoms with Crippen molar-refractivity contribution in [2.24, 2.45) is 11.8 Å². The number of aryl methyl sites for hydroxylation is 1. The zero-order chi connectivity index (χ0) is 18.8. The Morgan fingerprint density at radius 3 is 2.54 bits per heavy atom. The molecule has 0 N–H and O–H groups in total. The van der Waals surface area contributed by atoms with Gasteiger partial charge in [-0.2, -0.15) is 0 Å². The van der Waals surface area contributed by atoms with Crippen molar-refractivity contribution in [1.29, 1.82) is 0 Å². The van der Waals surface area contributed by atoms with E-state index in [1.54, 1.807) is 23.5 Å². The molecule has 0 amide bonds. The van der Waals surface area contributed by atoms with E-state index in [-0.39, 0.29) is 35.8 Å². The number of ketones is 2. The Morgan fingerprint density at radius 1 is 1.11 bits per heavy atom. The van der Waals surface area contributed by atoms with E-state index in [1.165, 1.54) is 17.0 Å². The number of fused-ring (bicyclic) bond motifs is 1. The lowest BCUT2D eigenvalue weighted by atomic mass is 9.84. The summed E-state index contributed by atoms with van der Waals surface area (Å²) in [5.41, 5.74) is 1.55. The summed E-state index contributed by atoms with van der Waals surface area (Å²) in [5.74, 6) is 0.302. The highest BCUT2D eigenvalue weighted by Gasteiger charge is 2.30. The fourth-order valence-electron chi connectivity index (χ4n) is 4.29. The first-order valence-electron chi connectivity index (χ1n) is 9.74. The van der Waals surface area contributed by atoms with Gasteiger partial charge in [-0.25, -0.2) is 4.39 Å². The predicted molar refractivity (Wildman–Crippen MR) is 112 cm³/mol. The largest absolute Gasteiger partial charge is 0.303 e. The van der Waals surface area contributed by atoms with Gasteiger partial charge in [0, 0.05) is 27.8 Å². The third-order valence-electron chi connectivity index (χ3n) is 5.98. The molecule has 0 bridgehead atoms. The first-order valence-corrected chi connectivity index (χ1v) is 10.6. The van der Waals surface area contributed by atoms with Gasteiger partial charge in [0.25, 0.3) is 0 Å². The number of hydrogen-bond donors (Lipinski definition) is 0. The molecule has 2 aromatic rings. The molecule has 1 aromatic heterocycles. The van der Waals surface area contributed by atoms with Crippen molar-refractivity contribution in [3.63, 3.8) is 0 Å². The quantitative estimate of drug-likeness (QED) is 0.635. The van der Waals surface area contributed by atoms with Gasteiger partial charge in [-0.15, -0.1) is 23.7 Å². The second-order valence-electron chi connectivity index (χ2n) is 7.63. The highest BCUT2D eigenvalue weighted by molar-refractivity contribution is 7.10. The lowest BCUT2D eigenvalue weighted by molar-refractivity contribution is 0.0820. The van der Waals surface area contributed by atoms with Gasteiger partial charge < -0.3 is 4.90 Å². The number of carbonyl (C=O) groups excluding carboxylic acids is 2. The van der Waals surface area contributed by atoms with Gasteiger partial charge >= 0.3 is 0 Å². The minimum absolute atomic E-state index is 0. The summed E-state index contributed by atoms with van der Waals surface area (Å²) in [6.45, 7) is 2.71. The maximum Gasteiger partial charge on any atom is 0.167 e. The molecule has 150 valence electrons. The SMILES string of the molecule is Cl.O=C(c1ccc(F)cc1)C1CCN(CCC2CCc3sccc3C2=O)CC1. The molecule has 1 aromatic carbocycles. The number of Topliss-reactive ketones (excluding diaryl/α,β-unsaturated/α-hetero) is 2. The number of nitrogens with zero attached hydrogens (tertiary/aromatic N) is 1. The van der Waals surface area contributed by atoms with Crippen molar-refractivity contribution in [3.05, 3.63) is 57.5 Å². The summed E-state index contributed by atoms with van der Waals surface area (Å²) >= 11 is 1.70. The number of benzene rings is 1. The van der Waals surface area contributed by atoms with E-state index in [0.29, 0.717) is 11.3 Å². The van der Waals surface area contributed by atoms with Crippen LogP contribution < -0.4 is 0 Å². The number of halogens is 2. The van der Waals surface area contributed by atoms with Gasteiger partial charge in [-0.1, -0.05) is 0 Å². The standard InChI is InChI=1S/C22H24FNO2S.ClH/c23-18-4-1-15(2-5-18)21(25)17-8-12-24(13-9-17)11-7-16-3-6-20-19(22(16)26)10-14-27-20;/h1-2,4-5,10,14,16-17H,3,6-9,11-13H2;1H. The van der Waals surface area contributed by atoms with Gasteiger partial charge in [0.15, 0.2) is 11.6 Å². The van der Waals surface area contributed by atoms with E-state index < -0.39 is 0 Å². The third kappa shape index (κ3) is 4.53. The molecular formula is C22H25ClFNO2S. The number of piperidine rings is 1. The van der Waals surface area contributed by atoms with Crippen LogP contribution in [0.1, 0.15) is 51.3 Å². The maximum absolute atomic E-state index is 13.0. The molecule has 1 saturated heterocycles. The predicted octanol–water partition coefficient (Wildman–Crippen LogP) is 5.04. The Kier molecular flexibility index (Phi) is 7.02. The molecule has 2 heterocycles. The normalized spacial score (nSPS) is 20.5. The van der Waals surface area contributed by atoms with Crippen molar-refractivity contribution in [3.8, 4) is 0 Å². The Morgan fingerprint density at radius 2 is 1.82 bits per heavy atom.